The predicted molar refractivity (Wildman–Crippen MR) is 122 cm³/mol. The molecule has 4 aromatic rings. The molecule has 5 heteroatoms. The number of aromatic amines is 1. The van der Waals surface area contributed by atoms with Gasteiger partial charge in [0.15, 0.2) is 0 Å². The standard InChI is InChI=1S/C26H24FN3O/c1-16-8-7-13-22(17(16)2)29-26(31)30-15-14-19-18-9-4-6-12-23(18)28-24(19)25(30)20-10-3-5-11-21(20)27/h3-13,25,28H,14-15H2,1-2H3,(H,29,31)/t25-/m1/s1. The molecule has 1 atom stereocenters. The summed E-state index contributed by atoms with van der Waals surface area (Å²) in [5, 5.41) is 4.19. The molecule has 1 aliphatic heterocycles. The first-order chi connectivity index (χ1) is 15.0. The van der Waals surface area contributed by atoms with Crippen molar-refractivity contribution in [1.29, 1.82) is 0 Å². The number of carbonyl (C=O) groups is 1. The average molecular weight is 413 g/mol. The molecular formula is C26H24FN3O. The Balaban J connectivity index is 1.60. The number of H-pyrrole nitrogens is 1. The zero-order chi connectivity index (χ0) is 21.5. The first-order valence-corrected chi connectivity index (χ1v) is 10.5. The molecule has 1 aliphatic rings. The van der Waals surface area contributed by atoms with E-state index in [0.29, 0.717) is 18.5 Å². The van der Waals surface area contributed by atoms with E-state index in [4.69, 9.17) is 0 Å². The van der Waals surface area contributed by atoms with Crippen molar-refractivity contribution in [2.24, 2.45) is 0 Å². The molecule has 0 saturated heterocycles. The van der Waals surface area contributed by atoms with E-state index < -0.39 is 6.04 Å². The third kappa shape index (κ3) is 3.26. The summed E-state index contributed by atoms with van der Waals surface area (Å²) in [6, 6.07) is 19.9. The number of rotatable bonds is 2. The number of aromatic nitrogens is 1. The third-order valence-corrected chi connectivity index (χ3v) is 6.34. The van der Waals surface area contributed by atoms with Gasteiger partial charge in [0.25, 0.3) is 0 Å². The van der Waals surface area contributed by atoms with Crippen molar-refractivity contribution in [3.63, 3.8) is 0 Å². The summed E-state index contributed by atoms with van der Waals surface area (Å²) in [7, 11) is 0. The number of amides is 2. The van der Waals surface area contributed by atoms with Gasteiger partial charge in [0.05, 0.1) is 0 Å². The van der Waals surface area contributed by atoms with Crippen molar-refractivity contribution < 1.29 is 9.18 Å². The Bertz CT molecular complexity index is 1290. The van der Waals surface area contributed by atoms with Crippen LogP contribution in [0.1, 0.15) is 34.0 Å². The number of aryl methyl sites for hydroxylation is 1. The van der Waals surface area contributed by atoms with Gasteiger partial charge < -0.3 is 15.2 Å². The Hall–Kier alpha value is -3.60. The second-order valence-electron chi connectivity index (χ2n) is 8.11. The first-order valence-electron chi connectivity index (χ1n) is 10.5. The topological polar surface area (TPSA) is 48.1 Å². The van der Waals surface area contributed by atoms with Gasteiger partial charge in [0.2, 0.25) is 0 Å². The number of hydrogen-bond acceptors (Lipinski definition) is 1. The van der Waals surface area contributed by atoms with Gasteiger partial charge in [-0.3, -0.25) is 0 Å². The van der Waals surface area contributed by atoms with Gasteiger partial charge >= 0.3 is 6.03 Å². The summed E-state index contributed by atoms with van der Waals surface area (Å²) in [4.78, 5) is 18.6. The Morgan fingerprint density at radius 2 is 1.81 bits per heavy atom. The number of nitrogens with zero attached hydrogens (tertiary/aromatic N) is 1. The van der Waals surface area contributed by atoms with Gasteiger partial charge in [-0.15, -0.1) is 0 Å². The summed E-state index contributed by atoms with van der Waals surface area (Å²) in [6.45, 7) is 4.51. The van der Waals surface area contributed by atoms with Crippen LogP contribution in [0, 0.1) is 19.7 Å². The van der Waals surface area contributed by atoms with E-state index in [2.05, 4.69) is 16.4 Å². The van der Waals surface area contributed by atoms with E-state index in [1.54, 1.807) is 17.0 Å². The molecule has 0 saturated carbocycles. The molecule has 3 aromatic carbocycles. The Morgan fingerprint density at radius 3 is 2.65 bits per heavy atom. The molecule has 31 heavy (non-hydrogen) atoms. The van der Waals surface area contributed by atoms with E-state index in [-0.39, 0.29) is 11.8 Å². The van der Waals surface area contributed by atoms with Crippen LogP contribution in [0.3, 0.4) is 0 Å². The maximum Gasteiger partial charge on any atom is 0.322 e. The molecule has 0 unspecified atom stereocenters. The van der Waals surface area contributed by atoms with Crippen LogP contribution >= 0.6 is 0 Å². The largest absolute Gasteiger partial charge is 0.356 e. The van der Waals surface area contributed by atoms with Crippen LogP contribution in [-0.2, 0) is 6.42 Å². The fourth-order valence-electron chi connectivity index (χ4n) is 4.55. The highest BCUT2D eigenvalue weighted by molar-refractivity contribution is 5.92. The Kier molecular flexibility index (Phi) is 4.74. The van der Waals surface area contributed by atoms with Gasteiger partial charge in [-0.25, -0.2) is 9.18 Å². The van der Waals surface area contributed by atoms with Gasteiger partial charge in [-0.05, 0) is 55.2 Å². The summed E-state index contributed by atoms with van der Waals surface area (Å²) < 4.78 is 14.9. The normalized spacial score (nSPS) is 15.7. The smallest absolute Gasteiger partial charge is 0.322 e. The lowest BCUT2D eigenvalue weighted by Gasteiger charge is -2.36. The molecule has 156 valence electrons. The van der Waals surface area contributed by atoms with E-state index in [0.717, 1.165) is 39.0 Å². The molecule has 1 aromatic heterocycles. The predicted octanol–water partition coefficient (Wildman–Crippen LogP) is 6.10. The number of halogens is 1. The maximum absolute atomic E-state index is 14.9. The van der Waals surface area contributed by atoms with Crippen LogP contribution in [-0.4, -0.2) is 22.5 Å². The minimum atomic E-state index is -0.525. The fraction of sp³-hybridized carbons (Fsp3) is 0.192. The second kappa shape index (κ2) is 7.58. The third-order valence-electron chi connectivity index (χ3n) is 6.34. The molecule has 0 aliphatic carbocycles. The zero-order valence-electron chi connectivity index (χ0n) is 17.6. The van der Waals surface area contributed by atoms with Crippen LogP contribution in [0.2, 0.25) is 0 Å². The molecule has 0 radical (unpaired) electrons. The number of para-hydroxylation sites is 1. The number of hydrogen-bond donors (Lipinski definition) is 2. The van der Waals surface area contributed by atoms with Crippen molar-refractivity contribution in [3.05, 3.63) is 100 Å². The molecule has 2 N–H and O–H groups in total. The molecule has 4 nitrogen and oxygen atoms in total. The number of fused-ring (bicyclic) bond motifs is 3. The SMILES string of the molecule is Cc1cccc(NC(=O)N2CCc3c([nH]c4ccccc34)[C@H]2c2ccccc2F)c1C. The van der Waals surface area contributed by atoms with Crippen LogP contribution in [0.4, 0.5) is 14.9 Å². The quantitative estimate of drug-likeness (QED) is 0.410. The van der Waals surface area contributed by atoms with E-state index in [9.17, 15) is 9.18 Å². The van der Waals surface area contributed by atoms with E-state index in [1.807, 2.05) is 56.3 Å². The molecule has 2 amide bonds. The second-order valence-corrected chi connectivity index (χ2v) is 8.11. The molecule has 0 fully saturated rings. The monoisotopic (exact) mass is 413 g/mol. The van der Waals surface area contributed by atoms with Crippen molar-refractivity contribution in [2.45, 2.75) is 26.3 Å². The molecule has 0 spiro atoms. The lowest BCUT2D eigenvalue weighted by atomic mass is 9.92. The summed E-state index contributed by atoms with van der Waals surface area (Å²) >= 11 is 0. The van der Waals surface area contributed by atoms with E-state index in [1.165, 1.54) is 6.07 Å². The van der Waals surface area contributed by atoms with Gasteiger partial charge in [0.1, 0.15) is 11.9 Å². The molecule has 5 rings (SSSR count). The Labute approximate surface area is 180 Å². The van der Waals surface area contributed by atoms with Crippen LogP contribution < -0.4 is 5.32 Å². The number of benzene rings is 3. The number of anilines is 1. The number of carbonyl (C=O) groups excluding carboxylic acids is 1. The zero-order valence-corrected chi connectivity index (χ0v) is 17.6. The molecular weight excluding hydrogens is 389 g/mol. The van der Waals surface area contributed by atoms with E-state index >= 15 is 0 Å². The minimum absolute atomic E-state index is 0.230. The van der Waals surface area contributed by atoms with Crippen LogP contribution in [0.25, 0.3) is 10.9 Å². The average Bonchev–Trinajstić information content (AvgIpc) is 3.15. The van der Waals surface area contributed by atoms with Gasteiger partial charge in [-0.2, -0.15) is 0 Å². The van der Waals surface area contributed by atoms with Crippen molar-refractivity contribution >= 4 is 22.6 Å². The van der Waals surface area contributed by atoms with Gasteiger partial charge in [-0.1, -0.05) is 48.5 Å². The lowest BCUT2D eigenvalue weighted by Crippen LogP contribution is -2.43. The minimum Gasteiger partial charge on any atom is -0.356 e. The van der Waals surface area contributed by atoms with Crippen molar-refractivity contribution in [3.8, 4) is 0 Å². The summed E-state index contributed by atoms with van der Waals surface area (Å²) in [5.74, 6) is -0.316. The first kappa shape index (κ1) is 19.4. The van der Waals surface area contributed by atoms with Crippen molar-refractivity contribution in [1.82, 2.24) is 9.88 Å². The van der Waals surface area contributed by atoms with Crippen LogP contribution in [0.5, 0.6) is 0 Å². The number of nitrogens with one attached hydrogen (secondary N) is 2. The lowest BCUT2D eigenvalue weighted by molar-refractivity contribution is 0.192. The Morgan fingerprint density at radius 1 is 1.03 bits per heavy atom. The highest BCUT2D eigenvalue weighted by atomic mass is 19.1. The molecule has 2 heterocycles. The summed E-state index contributed by atoms with van der Waals surface area (Å²) in [6.07, 6.45) is 0.713. The highest BCUT2D eigenvalue weighted by Gasteiger charge is 2.36. The van der Waals surface area contributed by atoms with Crippen molar-refractivity contribution in [2.75, 3.05) is 11.9 Å². The van der Waals surface area contributed by atoms with Crippen LogP contribution in [0.15, 0.2) is 66.7 Å². The summed E-state index contributed by atoms with van der Waals surface area (Å²) in [5.41, 5.74) is 6.45. The molecule has 0 bridgehead atoms. The fourth-order valence-corrected chi connectivity index (χ4v) is 4.55. The number of urea groups is 1. The maximum atomic E-state index is 14.9. The van der Waals surface area contributed by atoms with Gasteiger partial charge in [0, 0.05) is 34.4 Å². The highest BCUT2D eigenvalue weighted by Crippen LogP contribution is 2.39.